The van der Waals surface area contributed by atoms with Crippen LogP contribution in [0.2, 0.25) is 0 Å². The fraction of sp³-hybridized carbons (Fsp3) is 0.667. The second kappa shape index (κ2) is 5.67. The van der Waals surface area contributed by atoms with Gasteiger partial charge in [-0.3, -0.25) is 0 Å². The highest BCUT2D eigenvalue weighted by atomic mass is 19.3. The quantitative estimate of drug-likeness (QED) is 0.650. The van der Waals surface area contributed by atoms with Gasteiger partial charge < -0.3 is 4.74 Å². The summed E-state index contributed by atoms with van der Waals surface area (Å²) in [6, 6.07) is 3.71. The van der Waals surface area contributed by atoms with Crippen LogP contribution in [0.15, 0.2) is 12.1 Å². The minimum Gasteiger partial charge on any atom is -0.487 e. The molecule has 130 valence electrons. The van der Waals surface area contributed by atoms with E-state index >= 15 is 0 Å². The van der Waals surface area contributed by atoms with Crippen LogP contribution >= 0.6 is 0 Å². The number of hydrogen-bond acceptors (Lipinski definition) is 1. The SMILES string of the molecule is Cc1cc2c(cc1OCC(F)(F)C(F)F)C(C)(C)CCC2(C)C. The summed E-state index contributed by atoms with van der Waals surface area (Å²) in [7, 11) is 0. The maximum atomic E-state index is 13.1. The number of halogens is 4. The largest absolute Gasteiger partial charge is 0.487 e. The van der Waals surface area contributed by atoms with Crippen LogP contribution in [-0.4, -0.2) is 19.0 Å². The van der Waals surface area contributed by atoms with Crippen molar-refractivity contribution < 1.29 is 22.3 Å². The molecule has 0 saturated carbocycles. The Morgan fingerprint density at radius 3 is 2.00 bits per heavy atom. The molecule has 0 fully saturated rings. The van der Waals surface area contributed by atoms with Crippen LogP contribution in [-0.2, 0) is 10.8 Å². The van der Waals surface area contributed by atoms with Crippen LogP contribution in [0.25, 0.3) is 0 Å². The summed E-state index contributed by atoms with van der Waals surface area (Å²) in [4.78, 5) is 0. The van der Waals surface area contributed by atoms with Gasteiger partial charge in [0, 0.05) is 0 Å². The zero-order valence-corrected chi connectivity index (χ0v) is 14.3. The highest BCUT2D eigenvalue weighted by molar-refractivity contribution is 5.49. The summed E-state index contributed by atoms with van der Waals surface area (Å²) >= 11 is 0. The Morgan fingerprint density at radius 1 is 1.04 bits per heavy atom. The lowest BCUT2D eigenvalue weighted by Crippen LogP contribution is -2.35. The van der Waals surface area contributed by atoms with Crippen LogP contribution in [0.4, 0.5) is 17.6 Å². The number of benzene rings is 1. The van der Waals surface area contributed by atoms with E-state index in [1.807, 2.05) is 6.07 Å². The molecule has 0 bridgehead atoms. The third kappa shape index (κ3) is 3.48. The molecule has 0 saturated heterocycles. The summed E-state index contributed by atoms with van der Waals surface area (Å²) in [5.74, 6) is -3.88. The lowest BCUT2D eigenvalue weighted by Gasteiger charge is -2.42. The van der Waals surface area contributed by atoms with Gasteiger partial charge in [-0.1, -0.05) is 33.8 Å². The molecule has 0 radical (unpaired) electrons. The third-order valence-electron chi connectivity index (χ3n) is 4.89. The molecule has 0 heterocycles. The predicted octanol–water partition coefficient (Wildman–Crippen LogP) is 5.62. The van der Waals surface area contributed by atoms with Crippen molar-refractivity contribution >= 4 is 0 Å². The van der Waals surface area contributed by atoms with E-state index in [1.54, 1.807) is 13.0 Å². The number of hydrogen-bond donors (Lipinski definition) is 0. The summed E-state index contributed by atoms with van der Waals surface area (Å²) < 4.78 is 55.8. The van der Waals surface area contributed by atoms with Crippen molar-refractivity contribution in [1.82, 2.24) is 0 Å². The van der Waals surface area contributed by atoms with Gasteiger partial charge in [-0.2, -0.15) is 8.78 Å². The van der Waals surface area contributed by atoms with Crippen molar-refractivity contribution in [2.45, 2.75) is 70.6 Å². The minimum absolute atomic E-state index is 0.00105. The molecule has 2 rings (SSSR count). The molecule has 0 atom stereocenters. The summed E-state index contributed by atoms with van der Waals surface area (Å²) in [5, 5.41) is 0. The lowest BCUT2D eigenvalue weighted by molar-refractivity contribution is -0.148. The number of alkyl halides is 4. The first-order valence-corrected chi connectivity index (χ1v) is 7.81. The fourth-order valence-corrected chi connectivity index (χ4v) is 3.09. The number of fused-ring (bicyclic) bond motifs is 1. The Hall–Kier alpha value is -1.26. The van der Waals surface area contributed by atoms with Crippen LogP contribution in [0.1, 0.15) is 57.2 Å². The van der Waals surface area contributed by atoms with Gasteiger partial charge in [0.05, 0.1) is 0 Å². The molecule has 23 heavy (non-hydrogen) atoms. The topological polar surface area (TPSA) is 9.23 Å². The molecule has 1 aromatic carbocycles. The Labute approximate surface area is 135 Å². The average molecular weight is 332 g/mol. The Kier molecular flexibility index (Phi) is 4.46. The number of ether oxygens (including phenoxy) is 1. The first-order chi connectivity index (χ1) is 10.4. The molecule has 0 spiro atoms. The van der Waals surface area contributed by atoms with Gasteiger partial charge in [0.2, 0.25) is 0 Å². The van der Waals surface area contributed by atoms with E-state index in [4.69, 9.17) is 4.74 Å². The van der Waals surface area contributed by atoms with Crippen LogP contribution in [0.5, 0.6) is 5.75 Å². The van der Waals surface area contributed by atoms with Gasteiger partial charge in [-0.15, -0.1) is 0 Å². The van der Waals surface area contributed by atoms with Gasteiger partial charge in [0.1, 0.15) is 5.75 Å². The second-order valence-corrected chi connectivity index (χ2v) is 7.78. The van der Waals surface area contributed by atoms with Gasteiger partial charge in [-0.25, -0.2) is 8.78 Å². The molecule has 0 aliphatic heterocycles. The van der Waals surface area contributed by atoms with Crippen molar-refractivity contribution in [3.63, 3.8) is 0 Å². The minimum atomic E-state index is -4.14. The standard InChI is InChI=1S/C18H24F4O/c1-11-8-12-13(17(4,5)7-6-16(12,2)3)9-14(11)23-10-18(21,22)15(19)20/h8-9,15H,6-7,10H2,1-5H3. The molecular formula is C18H24F4O. The van der Waals surface area contributed by atoms with E-state index < -0.39 is 19.0 Å². The molecule has 5 heteroatoms. The molecule has 0 N–H and O–H groups in total. The summed E-state index contributed by atoms with van der Waals surface area (Å²) in [6.07, 6.45) is -1.71. The molecule has 1 aromatic rings. The highest BCUT2D eigenvalue weighted by Crippen LogP contribution is 2.47. The van der Waals surface area contributed by atoms with Gasteiger partial charge in [0.25, 0.3) is 0 Å². The van der Waals surface area contributed by atoms with Crippen molar-refractivity contribution in [2.75, 3.05) is 6.61 Å². The Balaban J connectivity index is 2.38. The van der Waals surface area contributed by atoms with Crippen molar-refractivity contribution in [3.05, 3.63) is 28.8 Å². The maximum absolute atomic E-state index is 13.1. The molecular weight excluding hydrogens is 308 g/mol. The first-order valence-electron chi connectivity index (χ1n) is 7.81. The van der Waals surface area contributed by atoms with Gasteiger partial charge in [-0.05, 0) is 53.4 Å². The van der Waals surface area contributed by atoms with Crippen LogP contribution in [0, 0.1) is 6.92 Å². The third-order valence-corrected chi connectivity index (χ3v) is 4.89. The maximum Gasteiger partial charge on any atom is 0.340 e. The van der Waals surface area contributed by atoms with Crippen LogP contribution in [0.3, 0.4) is 0 Å². The monoisotopic (exact) mass is 332 g/mol. The predicted molar refractivity (Wildman–Crippen MR) is 82.9 cm³/mol. The van der Waals surface area contributed by atoms with Crippen LogP contribution < -0.4 is 4.74 Å². The van der Waals surface area contributed by atoms with E-state index in [0.29, 0.717) is 5.56 Å². The molecule has 1 nitrogen and oxygen atoms in total. The van der Waals surface area contributed by atoms with E-state index in [-0.39, 0.29) is 16.6 Å². The van der Waals surface area contributed by atoms with E-state index in [1.165, 1.54) is 5.56 Å². The fourth-order valence-electron chi connectivity index (χ4n) is 3.09. The highest BCUT2D eigenvalue weighted by Gasteiger charge is 2.42. The van der Waals surface area contributed by atoms with Gasteiger partial charge >= 0.3 is 12.3 Å². The molecule has 0 amide bonds. The Bertz CT molecular complexity index is 591. The molecule has 0 aromatic heterocycles. The summed E-state index contributed by atoms with van der Waals surface area (Å²) in [5.41, 5.74) is 2.83. The van der Waals surface area contributed by atoms with E-state index in [9.17, 15) is 17.6 Å². The molecule has 1 aliphatic rings. The van der Waals surface area contributed by atoms with Crippen molar-refractivity contribution in [2.24, 2.45) is 0 Å². The number of aryl methyl sites for hydroxylation is 1. The lowest BCUT2D eigenvalue weighted by atomic mass is 9.63. The molecule has 0 unspecified atom stereocenters. The average Bonchev–Trinajstić information content (AvgIpc) is 2.42. The summed E-state index contributed by atoms with van der Waals surface area (Å²) in [6.45, 7) is 8.97. The Morgan fingerprint density at radius 2 is 1.52 bits per heavy atom. The van der Waals surface area contributed by atoms with Crippen molar-refractivity contribution in [1.29, 1.82) is 0 Å². The van der Waals surface area contributed by atoms with E-state index in [2.05, 4.69) is 27.7 Å². The normalized spacial score (nSPS) is 19.6. The van der Waals surface area contributed by atoms with Crippen molar-refractivity contribution in [3.8, 4) is 5.75 Å². The first kappa shape index (κ1) is 18.1. The van der Waals surface area contributed by atoms with E-state index in [0.717, 1.165) is 18.4 Å². The zero-order valence-electron chi connectivity index (χ0n) is 14.3. The second-order valence-electron chi connectivity index (χ2n) is 7.78. The smallest absolute Gasteiger partial charge is 0.340 e. The van der Waals surface area contributed by atoms with Gasteiger partial charge in [0.15, 0.2) is 6.61 Å². The zero-order chi connectivity index (χ0) is 17.6. The molecule has 1 aliphatic carbocycles. The number of rotatable bonds is 4.